The van der Waals surface area contributed by atoms with Gasteiger partial charge in [-0.15, -0.1) is 0 Å². The van der Waals surface area contributed by atoms with Crippen LogP contribution in [0.25, 0.3) is 0 Å². The predicted octanol–water partition coefficient (Wildman–Crippen LogP) is 9.29. The Morgan fingerprint density at radius 2 is 0.773 bits per heavy atom. The lowest BCUT2D eigenvalue weighted by Crippen LogP contribution is -2.53. The number of aliphatic hydroxyl groups is 4. The average Bonchev–Trinajstić information content (AvgIpc) is 3.03. The standard InChI is InChI=1S/C38H77NO5/c1-3-5-7-9-11-13-15-17-19-21-23-25-27-29-31-35(41)37(43)34(33-40)39-38(44)36(42)32-30-28-26-24-22-20-18-16-14-12-10-8-6-4-2/h34-37,40-43H,3-33H2,1-2H3,(H,39,44)/t34-,35?,36?,37+/m1/s1. The van der Waals surface area contributed by atoms with Gasteiger partial charge in [0.25, 0.3) is 0 Å². The first-order valence-corrected chi connectivity index (χ1v) is 19.4. The summed E-state index contributed by atoms with van der Waals surface area (Å²) in [4.78, 5) is 12.4. The zero-order chi connectivity index (χ0) is 32.5. The van der Waals surface area contributed by atoms with Crippen molar-refractivity contribution < 1.29 is 25.2 Å². The molecule has 6 heteroatoms. The summed E-state index contributed by atoms with van der Waals surface area (Å²) < 4.78 is 0. The Hall–Kier alpha value is -0.690. The van der Waals surface area contributed by atoms with Crippen LogP contribution in [0.5, 0.6) is 0 Å². The van der Waals surface area contributed by atoms with Crippen molar-refractivity contribution in [3.05, 3.63) is 0 Å². The van der Waals surface area contributed by atoms with E-state index < -0.39 is 36.9 Å². The molecule has 0 heterocycles. The van der Waals surface area contributed by atoms with E-state index in [9.17, 15) is 25.2 Å². The van der Waals surface area contributed by atoms with Gasteiger partial charge in [-0.3, -0.25) is 4.79 Å². The molecule has 6 nitrogen and oxygen atoms in total. The topological polar surface area (TPSA) is 110 Å². The van der Waals surface area contributed by atoms with E-state index in [0.717, 1.165) is 38.5 Å². The summed E-state index contributed by atoms with van der Waals surface area (Å²) in [6.07, 6.45) is 32.6. The molecule has 0 radical (unpaired) electrons. The first kappa shape index (κ1) is 43.3. The average molecular weight is 628 g/mol. The summed E-state index contributed by atoms with van der Waals surface area (Å²) in [6.45, 7) is 4.04. The zero-order valence-electron chi connectivity index (χ0n) is 29.4. The molecule has 0 aliphatic carbocycles. The Balaban J connectivity index is 3.77. The lowest BCUT2D eigenvalue weighted by Gasteiger charge is -2.27. The van der Waals surface area contributed by atoms with Crippen LogP contribution in [-0.4, -0.2) is 57.3 Å². The highest BCUT2D eigenvalue weighted by Crippen LogP contribution is 2.16. The molecule has 0 aromatic heterocycles. The van der Waals surface area contributed by atoms with Crippen LogP contribution >= 0.6 is 0 Å². The van der Waals surface area contributed by atoms with Gasteiger partial charge in [-0.1, -0.05) is 194 Å². The quantitative estimate of drug-likeness (QED) is 0.0450. The smallest absolute Gasteiger partial charge is 0.249 e. The molecule has 0 aliphatic rings. The molecule has 0 bridgehead atoms. The van der Waals surface area contributed by atoms with Crippen molar-refractivity contribution in [3.63, 3.8) is 0 Å². The van der Waals surface area contributed by atoms with Crippen molar-refractivity contribution >= 4 is 5.91 Å². The molecule has 2 unspecified atom stereocenters. The highest BCUT2D eigenvalue weighted by molar-refractivity contribution is 5.80. The number of carbonyl (C=O) groups is 1. The minimum atomic E-state index is -1.25. The molecule has 0 fully saturated rings. The molecule has 264 valence electrons. The monoisotopic (exact) mass is 628 g/mol. The summed E-state index contributed by atoms with van der Waals surface area (Å²) in [5.41, 5.74) is 0. The van der Waals surface area contributed by atoms with Crippen molar-refractivity contribution in [1.29, 1.82) is 0 Å². The molecule has 0 aliphatic heterocycles. The second kappa shape index (κ2) is 33.7. The highest BCUT2D eigenvalue weighted by atomic mass is 16.3. The molecule has 1 amide bonds. The van der Waals surface area contributed by atoms with Crippen LogP contribution in [0.2, 0.25) is 0 Å². The second-order valence-electron chi connectivity index (χ2n) is 13.6. The molecule has 44 heavy (non-hydrogen) atoms. The zero-order valence-corrected chi connectivity index (χ0v) is 29.4. The highest BCUT2D eigenvalue weighted by Gasteiger charge is 2.28. The van der Waals surface area contributed by atoms with E-state index in [2.05, 4.69) is 19.2 Å². The van der Waals surface area contributed by atoms with Crippen molar-refractivity contribution in [1.82, 2.24) is 5.32 Å². The fourth-order valence-corrected chi connectivity index (χ4v) is 6.17. The van der Waals surface area contributed by atoms with Crippen LogP contribution in [-0.2, 0) is 4.79 Å². The van der Waals surface area contributed by atoms with Gasteiger partial charge in [0.15, 0.2) is 0 Å². The van der Waals surface area contributed by atoms with E-state index in [1.54, 1.807) is 0 Å². The number of hydrogen-bond acceptors (Lipinski definition) is 5. The van der Waals surface area contributed by atoms with E-state index in [1.807, 2.05) is 0 Å². The number of hydrogen-bond donors (Lipinski definition) is 5. The summed E-state index contributed by atoms with van der Waals surface area (Å²) in [6, 6.07) is -0.977. The Kier molecular flexibility index (Phi) is 33.1. The Bertz CT molecular complexity index is 590. The second-order valence-corrected chi connectivity index (χ2v) is 13.6. The molecule has 0 saturated carbocycles. The van der Waals surface area contributed by atoms with Gasteiger partial charge in [0.05, 0.1) is 18.8 Å². The van der Waals surface area contributed by atoms with Gasteiger partial charge in [0.1, 0.15) is 12.2 Å². The minimum Gasteiger partial charge on any atom is -0.394 e. The molecule has 5 N–H and O–H groups in total. The molecule has 0 aromatic carbocycles. The van der Waals surface area contributed by atoms with Crippen LogP contribution in [0.4, 0.5) is 0 Å². The predicted molar refractivity (Wildman–Crippen MR) is 187 cm³/mol. The van der Waals surface area contributed by atoms with Gasteiger partial charge in [-0.2, -0.15) is 0 Å². The normalized spacial score (nSPS) is 14.4. The molecule has 0 spiro atoms. The number of aliphatic hydroxyl groups excluding tert-OH is 4. The molecule has 0 aromatic rings. The lowest BCUT2D eigenvalue weighted by molar-refractivity contribution is -0.132. The number of rotatable bonds is 35. The van der Waals surface area contributed by atoms with Gasteiger partial charge in [0, 0.05) is 0 Å². The van der Waals surface area contributed by atoms with Gasteiger partial charge in [-0.05, 0) is 12.8 Å². The van der Waals surface area contributed by atoms with Crippen LogP contribution in [0.3, 0.4) is 0 Å². The Labute approximate surface area is 273 Å². The first-order valence-electron chi connectivity index (χ1n) is 19.4. The van der Waals surface area contributed by atoms with E-state index in [0.29, 0.717) is 12.8 Å². The largest absolute Gasteiger partial charge is 0.394 e. The fraction of sp³-hybridized carbons (Fsp3) is 0.974. The van der Waals surface area contributed by atoms with E-state index in [-0.39, 0.29) is 0 Å². The number of amides is 1. The van der Waals surface area contributed by atoms with Crippen molar-refractivity contribution in [2.24, 2.45) is 0 Å². The van der Waals surface area contributed by atoms with Crippen molar-refractivity contribution in [3.8, 4) is 0 Å². The minimum absolute atomic E-state index is 0.375. The Morgan fingerprint density at radius 1 is 0.477 bits per heavy atom. The third-order valence-corrected chi connectivity index (χ3v) is 9.32. The summed E-state index contributed by atoms with van der Waals surface area (Å²) in [7, 11) is 0. The first-order chi connectivity index (χ1) is 21.5. The number of carbonyl (C=O) groups excluding carboxylic acids is 1. The molecular formula is C38H77NO5. The van der Waals surface area contributed by atoms with Crippen molar-refractivity contribution in [2.45, 2.75) is 231 Å². The SMILES string of the molecule is CCCCCCCCCCCCCCCCC(O)C(=O)N[C@H](CO)[C@H](O)C(O)CCCCCCCCCCCCCCCC. The summed E-state index contributed by atoms with van der Waals surface area (Å²) >= 11 is 0. The van der Waals surface area contributed by atoms with Gasteiger partial charge in [-0.25, -0.2) is 0 Å². The molecule has 0 saturated heterocycles. The fourth-order valence-electron chi connectivity index (χ4n) is 6.17. The Morgan fingerprint density at radius 3 is 1.09 bits per heavy atom. The van der Waals surface area contributed by atoms with Crippen LogP contribution < -0.4 is 5.32 Å². The summed E-state index contributed by atoms with van der Waals surface area (Å²) in [5.74, 6) is -0.582. The number of nitrogens with one attached hydrogen (secondary N) is 1. The molecule has 0 rings (SSSR count). The van der Waals surface area contributed by atoms with E-state index in [4.69, 9.17) is 0 Å². The lowest BCUT2D eigenvalue weighted by atomic mass is 9.99. The third-order valence-electron chi connectivity index (χ3n) is 9.32. The maximum Gasteiger partial charge on any atom is 0.249 e. The number of unbranched alkanes of at least 4 members (excludes halogenated alkanes) is 26. The maximum atomic E-state index is 12.4. The summed E-state index contributed by atoms with van der Waals surface area (Å²) in [5, 5.41) is 43.5. The van der Waals surface area contributed by atoms with Crippen molar-refractivity contribution in [2.75, 3.05) is 6.61 Å². The van der Waals surface area contributed by atoms with Gasteiger partial charge in [0.2, 0.25) is 5.91 Å². The van der Waals surface area contributed by atoms with Crippen LogP contribution in [0, 0.1) is 0 Å². The molecule has 4 atom stereocenters. The van der Waals surface area contributed by atoms with Gasteiger partial charge >= 0.3 is 0 Å². The third kappa shape index (κ3) is 27.6. The van der Waals surface area contributed by atoms with Crippen LogP contribution in [0.15, 0.2) is 0 Å². The van der Waals surface area contributed by atoms with E-state index in [1.165, 1.54) is 141 Å². The maximum absolute atomic E-state index is 12.4. The van der Waals surface area contributed by atoms with E-state index >= 15 is 0 Å². The van der Waals surface area contributed by atoms with Gasteiger partial charge < -0.3 is 25.7 Å². The molecular weight excluding hydrogens is 550 g/mol. The van der Waals surface area contributed by atoms with Crippen LogP contribution in [0.1, 0.15) is 206 Å².